The minimum atomic E-state index is -0.816. The number of carbonyl (C=O) groups is 3. The van der Waals surface area contributed by atoms with E-state index in [2.05, 4.69) is 16.4 Å². The van der Waals surface area contributed by atoms with Gasteiger partial charge in [-0.15, -0.1) is 11.3 Å². The van der Waals surface area contributed by atoms with Crippen molar-refractivity contribution in [2.45, 2.75) is 83.5 Å². The molecule has 0 aromatic rings. The summed E-state index contributed by atoms with van der Waals surface area (Å²) in [5.41, 5.74) is 0.967. The molecule has 5 unspecified atom stereocenters. The number of esters is 1. The van der Waals surface area contributed by atoms with Gasteiger partial charge in [-0.2, -0.15) is 0 Å². The molecule has 8 nitrogen and oxygen atoms in total. The molecule has 1 aliphatic carbocycles. The number of nitroso groups, excluding NO2 is 1. The molecular weight excluding hydrogens is 410 g/mol. The summed E-state index contributed by atoms with van der Waals surface area (Å²) in [5.74, 6) is 1.11. The molecule has 1 saturated heterocycles. The normalized spacial score (nSPS) is 24.6. The van der Waals surface area contributed by atoms with Gasteiger partial charge in [0.2, 0.25) is 5.91 Å². The Hall–Kier alpha value is -2.79. The summed E-state index contributed by atoms with van der Waals surface area (Å²) in [6.45, 7) is 5.51. The van der Waals surface area contributed by atoms with Crippen molar-refractivity contribution >= 4 is 17.8 Å². The molecule has 8 heteroatoms. The van der Waals surface area contributed by atoms with E-state index in [0.717, 1.165) is 24.8 Å². The molecule has 2 amide bonds. The Morgan fingerprint density at radius 3 is 2.72 bits per heavy atom. The average Bonchev–Trinajstić information content (AvgIpc) is 3.38. The fourth-order valence-corrected chi connectivity index (χ4v) is 4.79. The second-order valence-corrected chi connectivity index (χ2v) is 8.28. The van der Waals surface area contributed by atoms with Gasteiger partial charge in [-0.05, 0) is 64.9 Å². The molecule has 0 radical (unpaired) electrons. The summed E-state index contributed by atoms with van der Waals surface area (Å²) in [6.07, 6.45) is 14.8. The first-order chi connectivity index (χ1) is 15.4. The third kappa shape index (κ3) is 6.13. The summed E-state index contributed by atoms with van der Waals surface area (Å²) in [5, 5.41) is 5.68. The summed E-state index contributed by atoms with van der Waals surface area (Å²) < 4.78 is 5.20. The van der Waals surface area contributed by atoms with Gasteiger partial charge in [-0.3, -0.25) is 19.7 Å². The number of carbonyl (C=O) groups excluding carboxylic acids is 3. The van der Waals surface area contributed by atoms with Gasteiger partial charge in [0.25, 0.3) is 0 Å². The minimum absolute atomic E-state index is 0.0629. The van der Waals surface area contributed by atoms with Crippen LogP contribution in [0.5, 0.6) is 0 Å². The van der Waals surface area contributed by atoms with Crippen molar-refractivity contribution in [3.63, 3.8) is 0 Å². The van der Waals surface area contributed by atoms with Gasteiger partial charge < -0.3 is 9.64 Å². The lowest BCUT2D eigenvalue weighted by Gasteiger charge is -2.32. The molecule has 32 heavy (non-hydrogen) atoms. The molecule has 0 aromatic carbocycles. The summed E-state index contributed by atoms with van der Waals surface area (Å²) in [4.78, 5) is 50.4. The largest absolute Gasteiger partial charge is 0.465 e. The van der Waals surface area contributed by atoms with Crippen LogP contribution in [0.25, 0.3) is 0 Å². The zero-order valence-electron chi connectivity index (χ0n) is 19.1. The Labute approximate surface area is 189 Å². The van der Waals surface area contributed by atoms with Crippen LogP contribution in [-0.2, 0) is 19.1 Å². The molecule has 1 aliphatic heterocycles. The first kappa shape index (κ1) is 25.5. The topological polar surface area (TPSA) is 105 Å². The van der Waals surface area contributed by atoms with Crippen LogP contribution in [0.2, 0.25) is 0 Å². The van der Waals surface area contributed by atoms with Crippen LogP contribution in [0.1, 0.15) is 59.3 Å². The first-order valence-electron chi connectivity index (χ1n) is 11.3. The number of ether oxygens (including phenoxy) is 1. The lowest BCUT2D eigenvalue weighted by atomic mass is 10.0. The molecule has 2 aliphatic rings. The van der Waals surface area contributed by atoms with E-state index in [4.69, 9.17) is 11.2 Å². The zero-order chi connectivity index (χ0) is 23.7. The third-order valence-electron chi connectivity index (χ3n) is 6.35. The van der Waals surface area contributed by atoms with E-state index in [-0.39, 0.29) is 24.5 Å². The summed E-state index contributed by atoms with van der Waals surface area (Å²) in [7, 11) is 0. The van der Waals surface area contributed by atoms with Crippen LogP contribution in [0.15, 0.2) is 29.0 Å². The number of terminal acetylenes is 1. The predicted octanol–water partition coefficient (Wildman–Crippen LogP) is 2.87. The van der Waals surface area contributed by atoms with Crippen LogP contribution in [0.3, 0.4) is 0 Å². The van der Waals surface area contributed by atoms with Crippen molar-refractivity contribution in [2.24, 2.45) is 11.1 Å². The predicted molar refractivity (Wildman–Crippen MR) is 121 cm³/mol. The number of allylic oxidation sites excluding steroid dienone is 4. The molecule has 1 saturated carbocycles. The van der Waals surface area contributed by atoms with E-state index in [9.17, 15) is 19.3 Å². The van der Waals surface area contributed by atoms with Crippen LogP contribution < -0.4 is 5.32 Å². The van der Waals surface area contributed by atoms with E-state index in [1.165, 1.54) is 4.90 Å². The second-order valence-electron chi connectivity index (χ2n) is 8.28. The van der Waals surface area contributed by atoms with Gasteiger partial charge in [0.15, 0.2) is 0 Å². The maximum atomic E-state index is 13.3. The molecule has 5 atom stereocenters. The zero-order valence-corrected chi connectivity index (χ0v) is 19.1. The van der Waals surface area contributed by atoms with Gasteiger partial charge in [0.05, 0.1) is 12.6 Å². The van der Waals surface area contributed by atoms with Crippen molar-refractivity contribution in [3.8, 4) is 12.3 Å². The Morgan fingerprint density at radius 2 is 2.09 bits per heavy atom. The van der Waals surface area contributed by atoms with Crippen molar-refractivity contribution < 1.29 is 19.1 Å². The smallest absolute Gasteiger partial charge is 0.323 e. The molecule has 2 fully saturated rings. The Bertz CT molecular complexity index is 813. The minimum Gasteiger partial charge on any atom is -0.465 e. The number of hydrogen-bond acceptors (Lipinski definition) is 6. The highest BCUT2D eigenvalue weighted by Gasteiger charge is 2.49. The second kappa shape index (κ2) is 12.3. The van der Waals surface area contributed by atoms with Crippen LogP contribution in [0.4, 0.5) is 0 Å². The van der Waals surface area contributed by atoms with Gasteiger partial charge in [0.1, 0.15) is 12.1 Å². The number of hydrogen-bond donors (Lipinski definition) is 1. The molecule has 0 bridgehead atoms. The maximum absolute atomic E-state index is 13.3. The molecular formula is C24H33N3O5. The van der Waals surface area contributed by atoms with Crippen molar-refractivity contribution in [1.82, 2.24) is 10.2 Å². The van der Waals surface area contributed by atoms with Gasteiger partial charge >= 0.3 is 11.9 Å². The van der Waals surface area contributed by atoms with E-state index in [0.29, 0.717) is 19.3 Å². The Kier molecular flexibility index (Phi) is 9.79. The molecule has 0 aromatic heterocycles. The molecule has 0 spiro atoms. The van der Waals surface area contributed by atoms with Crippen LogP contribution in [-0.4, -0.2) is 53.5 Å². The molecule has 174 valence electrons. The van der Waals surface area contributed by atoms with Crippen molar-refractivity contribution in [2.75, 3.05) is 6.61 Å². The summed E-state index contributed by atoms with van der Waals surface area (Å²) in [6, 6.07) is -2.32. The number of rotatable bonds is 10. The number of amides is 2. The van der Waals surface area contributed by atoms with Gasteiger partial charge in [-0.1, -0.05) is 30.1 Å². The SMILES string of the molecule is C#C/C=C\C(=C/C)CCC(NC(C)C(=O)N1C(C(=O)N=O)CC2CCCC21)C(=O)OCC. The fraction of sp³-hybridized carbons (Fsp3) is 0.625. The van der Waals surface area contributed by atoms with Crippen LogP contribution in [0, 0.1) is 23.2 Å². The monoisotopic (exact) mass is 443 g/mol. The first-order valence-corrected chi connectivity index (χ1v) is 11.3. The highest BCUT2D eigenvalue weighted by atomic mass is 16.5. The maximum Gasteiger partial charge on any atom is 0.323 e. The highest BCUT2D eigenvalue weighted by molar-refractivity contribution is 5.91. The molecule has 1 N–H and O–H groups in total. The number of fused-ring (bicyclic) bond motifs is 1. The van der Waals surface area contributed by atoms with E-state index < -0.39 is 30.0 Å². The molecule has 1 heterocycles. The fourth-order valence-electron chi connectivity index (χ4n) is 4.79. The van der Waals surface area contributed by atoms with Gasteiger partial charge in [0, 0.05) is 11.2 Å². The number of likely N-dealkylation sites (tertiary alicyclic amines) is 1. The van der Waals surface area contributed by atoms with E-state index in [1.807, 2.05) is 19.1 Å². The lowest BCUT2D eigenvalue weighted by molar-refractivity contribution is -0.147. The molecule has 2 rings (SSSR count). The van der Waals surface area contributed by atoms with E-state index in [1.54, 1.807) is 19.9 Å². The number of nitrogens with one attached hydrogen (secondary N) is 1. The van der Waals surface area contributed by atoms with Crippen molar-refractivity contribution in [3.05, 3.63) is 28.7 Å². The van der Waals surface area contributed by atoms with Crippen molar-refractivity contribution in [1.29, 1.82) is 0 Å². The lowest BCUT2D eigenvalue weighted by Crippen LogP contribution is -2.55. The average molecular weight is 444 g/mol. The Morgan fingerprint density at radius 1 is 1.34 bits per heavy atom. The number of nitrogens with zero attached hydrogens (tertiary/aromatic N) is 2. The standard InChI is InChI=1S/C24H33N3O5/c1-5-8-10-17(6-2)13-14-19(24(30)32-7-3)25-16(4)23(29)27-20-12-9-11-18(20)15-21(27)22(28)26-31/h1,6,8,10,16,18-21,25H,7,9,11-15H2,2-4H3/b10-8-,17-6+. The third-order valence-corrected chi connectivity index (χ3v) is 6.35. The summed E-state index contributed by atoms with van der Waals surface area (Å²) >= 11 is 0. The highest BCUT2D eigenvalue weighted by Crippen LogP contribution is 2.41. The van der Waals surface area contributed by atoms with Crippen LogP contribution >= 0.6 is 0 Å². The van der Waals surface area contributed by atoms with E-state index >= 15 is 0 Å². The van der Waals surface area contributed by atoms with Gasteiger partial charge in [-0.25, -0.2) is 0 Å². The Balaban J connectivity index is 2.13. The quantitative estimate of drug-likeness (QED) is 0.241.